The zero-order chi connectivity index (χ0) is 11.3. The summed E-state index contributed by atoms with van der Waals surface area (Å²) in [4.78, 5) is 0. The molecule has 0 saturated carbocycles. The van der Waals surface area contributed by atoms with E-state index in [1.165, 1.54) is 18.4 Å². The summed E-state index contributed by atoms with van der Waals surface area (Å²) in [5, 5.41) is 4.38. The van der Waals surface area contributed by atoms with Gasteiger partial charge in [0.1, 0.15) is 0 Å². The minimum absolute atomic E-state index is 0.721. The fourth-order valence-corrected chi connectivity index (χ4v) is 1.77. The maximum atomic E-state index is 4.38. The molecule has 0 aromatic carbocycles. The fraction of sp³-hybridized carbons (Fsp3) is 0.769. The van der Waals surface area contributed by atoms with Crippen molar-refractivity contribution in [2.45, 2.75) is 53.5 Å². The van der Waals surface area contributed by atoms with Crippen LogP contribution in [0.2, 0.25) is 0 Å². The van der Waals surface area contributed by atoms with Crippen molar-refractivity contribution in [3.05, 3.63) is 18.0 Å². The molecule has 2 heteroatoms. The summed E-state index contributed by atoms with van der Waals surface area (Å²) in [5.74, 6) is 1.52. The molecule has 0 aliphatic carbocycles. The van der Waals surface area contributed by atoms with Gasteiger partial charge in [-0.3, -0.25) is 4.68 Å². The highest BCUT2D eigenvalue weighted by Gasteiger charge is 2.01. The quantitative estimate of drug-likeness (QED) is 0.699. The summed E-state index contributed by atoms with van der Waals surface area (Å²) < 4.78 is 2.08. The first-order valence-electron chi connectivity index (χ1n) is 6.09. The number of rotatable bonds is 6. The van der Waals surface area contributed by atoms with Gasteiger partial charge in [-0.2, -0.15) is 5.10 Å². The third-order valence-corrected chi connectivity index (χ3v) is 2.50. The molecule has 0 aliphatic heterocycles. The molecule has 15 heavy (non-hydrogen) atoms. The molecule has 1 rings (SSSR count). The van der Waals surface area contributed by atoms with Crippen LogP contribution in [0.25, 0.3) is 0 Å². The average Bonchev–Trinajstić information content (AvgIpc) is 2.50. The predicted octanol–water partition coefficient (Wildman–Crippen LogP) is 3.52. The molecule has 0 N–H and O–H groups in total. The molecule has 0 bridgehead atoms. The molecule has 0 unspecified atom stereocenters. The summed E-state index contributed by atoms with van der Waals surface area (Å²) >= 11 is 0. The van der Waals surface area contributed by atoms with E-state index in [-0.39, 0.29) is 0 Å². The Hall–Kier alpha value is -0.790. The summed E-state index contributed by atoms with van der Waals surface area (Å²) in [6.45, 7) is 10.1. The first-order chi connectivity index (χ1) is 7.08. The van der Waals surface area contributed by atoms with Gasteiger partial charge >= 0.3 is 0 Å². The Bertz CT molecular complexity index is 274. The van der Waals surface area contributed by atoms with Crippen LogP contribution in [0, 0.1) is 11.8 Å². The minimum atomic E-state index is 0.721. The lowest BCUT2D eigenvalue weighted by Gasteiger charge is -2.04. The first-order valence-corrected chi connectivity index (χ1v) is 6.09. The van der Waals surface area contributed by atoms with Gasteiger partial charge < -0.3 is 0 Å². The summed E-state index contributed by atoms with van der Waals surface area (Å²) in [5.41, 5.74) is 1.37. The predicted molar refractivity (Wildman–Crippen MR) is 64.8 cm³/mol. The Labute approximate surface area is 93.7 Å². The first kappa shape index (κ1) is 12.3. The smallest absolute Gasteiger partial charge is 0.0521 e. The Morgan fingerprint density at radius 1 is 1.20 bits per heavy atom. The van der Waals surface area contributed by atoms with Gasteiger partial charge in [-0.15, -0.1) is 0 Å². The summed E-state index contributed by atoms with van der Waals surface area (Å²) in [7, 11) is 0. The van der Waals surface area contributed by atoms with E-state index in [1.54, 1.807) is 0 Å². The zero-order valence-corrected chi connectivity index (χ0v) is 10.5. The molecule has 0 radical (unpaired) electrons. The van der Waals surface area contributed by atoms with Crippen molar-refractivity contribution in [3.63, 3.8) is 0 Å². The minimum Gasteiger partial charge on any atom is -0.272 e. The van der Waals surface area contributed by atoms with Crippen molar-refractivity contribution in [2.75, 3.05) is 0 Å². The van der Waals surface area contributed by atoms with E-state index in [2.05, 4.69) is 43.7 Å². The Kier molecular flexibility index (Phi) is 4.86. The van der Waals surface area contributed by atoms with Gasteiger partial charge in [-0.1, -0.05) is 27.7 Å². The molecule has 0 spiro atoms. The van der Waals surface area contributed by atoms with Crippen LogP contribution in [0.3, 0.4) is 0 Å². The Morgan fingerprint density at radius 2 is 1.93 bits per heavy atom. The maximum absolute atomic E-state index is 4.38. The highest BCUT2D eigenvalue weighted by molar-refractivity contribution is 5.04. The van der Waals surface area contributed by atoms with E-state index in [1.807, 2.05) is 6.20 Å². The van der Waals surface area contributed by atoms with E-state index in [0.29, 0.717) is 0 Å². The second-order valence-corrected chi connectivity index (χ2v) is 5.25. The van der Waals surface area contributed by atoms with Crippen molar-refractivity contribution in [2.24, 2.45) is 11.8 Å². The van der Waals surface area contributed by atoms with Crippen molar-refractivity contribution in [3.8, 4) is 0 Å². The molecule has 0 saturated heterocycles. The number of nitrogens with zero attached hydrogens (tertiary/aromatic N) is 2. The normalized spacial score (nSPS) is 11.6. The van der Waals surface area contributed by atoms with E-state index in [9.17, 15) is 0 Å². The molecule has 2 nitrogen and oxygen atoms in total. The summed E-state index contributed by atoms with van der Waals surface area (Å²) in [6.07, 6.45) is 7.87. The number of aromatic nitrogens is 2. The molecule has 1 aromatic heterocycles. The van der Waals surface area contributed by atoms with Crippen LogP contribution in [-0.4, -0.2) is 9.78 Å². The van der Waals surface area contributed by atoms with Crippen molar-refractivity contribution >= 4 is 0 Å². The molecule has 1 aromatic rings. The average molecular weight is 208 g/mol. The van der Waals surface area contributed by atoms with Crippen LogP contribution < -0.4 is 0 Å². The van der Waals surface area contributed by atoms with Gasteiger partial charge in [0, 0.05) is 12.7 Å². The van der Waals surface area contributed by atoms with Crippen LogP contribution in [0.4, 0.5) is 0 Å². The van der Waals surface area contributed by atoms with Crippen LogP contribution in [-0.2, 0) is 13.0 Å². The SMILES string of the molecule is CC(C)CCCn1cc(CC(C)C)cn1. The molecule has 0 amide bonds. The standard InChI is InChI=1S/C13H24N2/c1-11(2)6-5-7-15-10-13(9-14-15)8-12(3)4/h9-12H,5-8H2,1-4H3. The Balaban J connectivity index is 2.33. The van der Waals surface area contributed by atoms with Crippen molar-refractivity contribution in [1.82, 2.24) is 9.78 Å². The number of hydrogen-bond donors (Lipinski definition) is 0. The van der Waals surface area contributed by atoms with Gasteiger partial charge in [0.15, 0.2) is 0 Å². The topological polar surface area (TPSA) is 17.8 Å². The van der Waals surface area contributed by atoms with Gasteiger partial charge in [0.25, 0.3) is 0 Å². The highest BCUT2D eigenvalue weighted by Crippen LogP contribution is 2.08. The maximum Gasteiger partial charge on any atom is 0.0521 e. The van der Waals surface area contributed by atoms with Crippen LogP contribution in [0.15, 0.2) is 12.4 Å². The van der Waals surface area contributed by atoms with Gasteiger partial charge in [0.05, 0.1) is 6.20 Å². The lowest BCUT2D eigenvalue weighted by Crippen LogP contribution is -2.00. The molecule has 0 atom stereocenters. The fourth-order valence-electron chi connectivity index (χ4n) is 1.77. The number of aryl methyl sites for hydroxylation is 1. The van der Waals surface area contributed by atoms with E-state index < -0.39 is 0 Å². The van der Waals surface area contributed by atoms with E-state index in [0.717, 1.165) is 24.8 Å². The van der Waals surface area contributed by atoms with E-state index in [4.69, 9.17) is 0 Å². The lowest BCUT2D eigenvalue weighted by molar-refractivity contribution is 0.489. The molecular formula is C13H24N2. The summed E-state index contributed by atoms with van der Waals surface area (Å²) in [6, 6.07) is 0. The molecule has 0 aliphatic rings. The molecular weight excluding hydrogens is 184 g/mol. The largest absolute Gasteiger partial charge is 0.272 e. The zero-order valence-electron chi connectivity index (χ0n) is 10.5. The van der Waals surface area contributed by atoms with Crippen LogP contribution >= 0.6 is 0 Å². The third-order valence-electron chi connectivity index (χ3n) is 2.50. The van der Waals surface area contributed by atoms with Crippen LogP contribution in [0.5, 0.6) is 0 Å². The van der Waals surface area contributed by atoms with Crippen molar-refractivity contribution < 1.29 is 0 Å². The second-order valence-electron chi connectivity index (χ2n) is 5.25. The lowest BCUT2D eigenvalue weighted by atomic mass is 10.1. The van der Waals surface area contributed by atoms with Gasteiger partial charge in [0.2, 0.25) is 0 Å². The third kappa shape index (κ3) is 5.01. The highest BCUT2D eigenvalue weighted by atomic mass is 15.3. The van der Waals surface area contributed by atoms with Crippen LogP contribution in [0.1, 0.15) is 46.1 Å². The molecule has 0 fully saturated rings. The van der Waals surface area contributed by atoms with Gasteiger partial charge in [-0.25, -0.2) is 0 Å². The second kappa shape index (κ2) is 5.94. The van der Waals surface area contributed by atoms with E-state index >= 15 is 0 Å². The monoisotopic (exact) mass is 208 g/mol. The molecule has 86 valence electrons. The van der Waals surface area contributed by atoms with Crippen molar-refractivity contribution in [1.29, 1.82) is 0 Å². The molecule has 1 heterocycles. The number of hydrogen-bond acceptors (Lipinski definition) is 1. The van der Waals surface area contributed by atoms with Gasteiger partial charge in [-0.05, 0) is 36.7 Å². The Morgan fingerprint density at radius 3 is 2.53 bits per heavy atom.